The Hall–Kier alpha value is -1.63. The van der Waals surface area contributed by atoms with Gasteiger partial charge in [-0.2, -0.15) is 0 Å². The van der Waals surface area contributed by atoms with Crippen molar-refractivity contribution in [3.8, 4) is 0 Å². The standard InChI is InChI=1S/C12H20N2O5/c1-2-9-8-19-7-6-14(9)12(18)13-10(15)4-3-5-11(16)17/h9H,2-8H2,1H3,(H,16,17)(H,13,15,18). The monoisotopic (exact) mass is 272 g/mol. The number of morpholine rings is 1. The zero-order valence-corrected chi connectivity index (χ0v) is 11.1. The molecule has 108 valence electrons. The van der Waals surface area contributed by atoms with Crippen molar-refractivity contribution in [2.24, 2.45) is 0 Å². The first-order valence-corrected chi connectivity index (χ1v) is 6.44. The van der Waals surface area contributed by atoms with Crippen molar-refractivity contribution in [3.05, 3.63) is 0 Å². The largest absolute Gasteiger partial charge is 0.481 e. The van der Waals surface area contributed by atoms with E-state index < -0.39 is 17.9 Å². The zero-order valence-electron chi connectivity index (χ0n) is 11.1. The van der Waals surface area contributed by atoms with Crippen LogP contribution in [0, 0.1) is 0 Å². The van der Waals surface area contributed by atoms with E-state index in [4.69, 9.17) is 9.84 Å². The zero-order chi connectivity index (χ0) is 14.3. The molecule has 19 heavy (non-hydrogen) atoms. The summed E-state index contributed by atoms with van der Waals surface area (Å²) in [6.07, 6.45) is 0.964. The summed E-state index contributed by atoms with van der Waals surface area (Å²) in [5.41, 5.74) is 0. The number of nitrogens with zero attached hydrogens (tertiary/aromatic N) is 1. The Morgan fingerprint density at radius 3 is 2.74 bits per heavy atom. The molecule has 3 amide bonds. The lowest BCUT2D eigenvalue weighted by Crippen LogP contribution is -2.53. The molecule has 0 aromatic rings. The lowest BCUT2D eigenvalue weighted by Gasteiger charge is -2.34. The average Bonchev–Trinajstić information content (AvgIpc) is 2.38. The predicted octanol–water partition coefficient (Wildman–Crippen LogP) is 0.588. The molecule has 0 aromatic carbocycles. The molecule has 2 N–H and O–H groups in total. The highest BCUT2D eigenvalue weighted by Gasteiger charge is 2.26. The summed E-state index contributed by atoms with van der Waals surface area (Å²) in [7, 11) is 0. The highest BCUT2D eigenvalue weighted by Crippen LogP contribution is 2.10. The normalized spacial score (nSPS) is 19.0. The van der Waals surface area contributed by atoms with Crippen LogP contribution in [0.25, 0.3) is 0 Å². The third-order valence-electron chi connectivity index (χ3n) is 3.00. The molecule has 1 rings (SSSR count). The van der Waals surface area contributed by atoms with Crippen molar-refractivity contribution in [1.29, 1.82) is 0 Å². The maximum Gasteiger partial charge on any atom is 0.324 e. The van der Waals surface area contributed by atoms with E-state index in [2.05, 4.69) is 5.32 Å². The van der Waals surface area contributed by atoms with Crippen LogP contribution in [0.15, 0.2) is 0 Å². The lowest BCUT2D eigenvalue weighted by molar-refractivity contribution is -0.137. The first-order valence-electron chi connectivity index (χ1n) is 6.44. The number of ether oxygens (including phenoxy) is 1. The fourth-order valence-electron chi connectivity index (χ4n) is 1.91. The Labute approximate surface area is 111 Å². The van der Waals surface area contributed by atoms with Crippen LogP contribution in [0.3, 0.4) is 0 Å². The molecule has 0 spiro atoms. The number of imide groups is 1. The summed E-state index contributed by atoms with van der Waals surface area (Å²) >= 11 is 0. The number of aliphatic carboxylic acids is 1. The molecule has 1 saturated heterocycles. The Balaban J connectivity index is 2.36. The Bertz CT molecular complexity index is 345. The summed E-state index contributed by atoms with van der Waals surface area (Å²) in [6, 6.07) is -0.434. The fraction of sp³-hybridized carbons (Fsp3) is 0.750. The van der Waals surface area contributed by atoms with Gasteiger partial charge >= 0.3 is 12.0 Å². The molecule has 0 aliphatic carbocycles. The van der Waals surface area contributed by atoms with Gasteiger partial charge in [0.05, 0.1) is 19.3 Å². The highest BCUT2D eigenvalue weighted by atomic mass is 16.5. The molecule has 1 heterocycles. The number of carbonyl (C=O) groups excluding carboxylic acids is 2. The lowest BCUT2D eigenvalue weighted by atomic mass is 10.2. The van der Waals surface area contributed by atoms with Gasteiger partial charge in [-0.15, -0.1) is 0 Å². The molecule has 1 aliphatic rings. The number of carboxylic acid groups (broad SMARTS) is 1. The number of urea groups is 1. The van der Waals surface area contributed by atoms with Crippen molar-refractivity contribution in [2.75, 3.05) is 19.8 Å². The average molecular weight is 272 g/mol. The molecule has 1 fully saturated rings. The molecular formula is C12H20N2O5. The summed E-state index contributed by atoms with van der Waals surface area (Å²) in [5, 5.41) is 10.7. The number of nitrogens with one attached hydrogen (secondary N) is 1. The van der Waals surface area contributed by atoms with Crippen molar-refractivity contribution in [1.82, 2.24) is 10.2 Å². The van der Waals surface area contributed by atoms with Crippen LogP contribution in [-0.2, 0) is 14.3 Å². The SMILES string of the molecule is CCC1COCCN1C(=O)NC(=O)CCCC(=O)O. The van der Waals surface area contributed by atoms with Crippen LogP contribution >= 0.6 is 0 Å². The molecule has 1 unspecified atom stereocenters. The van der Waals surface area contributed by atoms with E-state index in [9.17, 15) is 14.4 Å². The summed E-state index contributed by atoms with van der Waals surface area (Å²) < 4.78 is 5.28. The number of carboxylic acids is 1. The van der Waals surface area contributed by atoms with Gasteiger partial charge in [0.25, 0.3) is 0 Å². The van der Waals surface area contributed by atoms with E-state index in [1.165, 1.54) is 0 Å². The minimum Gasteiger partial charge on any atom is -0.481 e. The van der Waals surface area contributed by atoms with Gasteiger partial charge < -0.3 is 14.7 Å². The summed E-state index contributed by atoms with van der Waals surface area (Å²) in [4.78, 5) is 35.3. The van der Waals surface area contributed by atoms with Crippen molar-refractivity contribution in [2.45, 2.75) is 38.6 Å². The van der Waals surface area contributed by atoms with Crippen LogP contribution in [0.5, 0.6) is 0 Å². The van der Waals surface area contributed by atoms with Crippen LogP contribution in [0.4, 0.5) is 4.79 Å². The quantitative estimate of drug-likeness (QED) is 0.763. The second-order valence-corrected chi connectivity index (χ2v) is 4.43. The van der Waals surface area contributed by atoms with Gasteiger partial charge in [0.1, 0.15) is 0 Å². The fourth-order valence-corrected chi connectivity index (χ4v) is 1.91. The van der Waals surface area contributed by atoms with Crippen LogP contribution in [0.1, 0.15) is 32.6 Å². The predicted molar refractivity (Wildman–Crippen MR) is 66.6 cm³/mol. The molecule has 7 nitrogen and oxygen atoms in total. The van der Waals surface area contributed by atoms with Gasteiger partial charge in [-0.3, -0.25) is 14.9 Å². The highest BCUT2D eigenvalue weighted by molar-refractivity contribution is 5.94. The van der Waals surface area contributed by atoms with Crippen molar-refractivity contribution < 1.29 is 24.2 Å². The van der Waals surface area contributed by atoms with Crippen LogP contribution < -0.4 is 5.32 Å². The molecule has 1 atom stereocenters. The number of rotatable bonds is 5. The van der Waals surface area contributed by atoms with Crippen molar-refractivity contribution >= 4 is 17.9 Å². The third-order valence-corrected chi connectivity index (χ3v) is 3.00. The minimum absolute atomic E-state index is 0.0134. The van der Waals surface area contributed by atoms with E-state index >= 15 is 0 Å². The van der Waals surface area contributed by atoms with Gasteiger partial charge in [0.15, 0.2) is 0 Å². The molecule has 0 aromatic heterocycles. The number of hydrogen-bond donors (Lipinski definition) is 2. The first-order chi connectivity index (χ1) is 9.04. The Morgan fingerprint density at radius 2 is 2.11 bits per heavy atom. The van der Waals surface area contributed by atoms with Gasteiger partial charge in [-0.05, 0) is 12.8 Å². The topological polar surface area (TPSA) is 95.9 Å². The molecule has 0 saturated carbocycles. The van der Waals surface area contributed by atoms with Crippen molar-refractivity contribution in [3.63, 3.8) is 0 Å². The first kappa shape index (κ1) is 15.4. The van der Waals surface area contributed by atoms with Gasteiger partial charge in [0, 0.05) is 19.4 Å². The van der Waals surface area contributed by atoms with E-state index in [-0.39, 0.29) is 25.3 Å². The Morgan fingerprint density at radius 1 is 1.37 bits per heavy atom. The molecule has 1 aliphatic heterocycles. The minimum atomic E-state index is -0.946. The van der Waals surface area contributed by atoms with Crippen LogP contribution in [-0.4, -0.2) is 53.7 Å². The molecule has 0 radical (unpaired) electrons. The second kappa shape index (κ2) is 7.73. The third kappa shape index (κ3) is 5.25. The number of hydrogen-bond acceptors (Lipinski definition) is 4. The second-order valence-electron chi connectivity index (χ2n) is 4.43. The smallest absolute Gasteiger partial charge is 0.324 e. The molecule has 7 heteroatoms. The molecular weight excluding hydrogens is 252 g/mol. The number of carbonyl (C=O) groups is 3. The maximum absolute atomic E-state index is 11.9. The van der Waals surface area contributed by atoms with E-state index in [1.54, 1.807) is 4.90 Å². The van der Waals surface area contributed by atoms with E-state index in [1.807, 2.05) is 6.92 Å². The van der Waals surface area contributed by atoms with E-state index in [0.717, 1.165) is 6.42 Å². The summed E-state index contributed by atoms with van der Waals surface area (Å²) in [6.45, 7) is 3.37. The van der Waals surface area contributed by atoms with E-state index in [0.29, 0.717) is 19.8 Å². The maximum atomic E-state index is 11.9. The number of amides is 3. The Kier molecular flexibility index (Phi) is 6.27. The summed E-state index contributed by atoms with van der Waals surface area (Å²) in [5.74, 6) is -1.38. The molecule has 0 bridgehead atoms. The van der Waals surface area contributed by atoms with Crippen LogP contribution in [0.2, 0.25) is 0 Å². The van der Waals surface area contributed by atoms with Gasteiger partial charge in [-0.25, -0.2) is 4.79 Å². The van der Waals surface area contributed by atoms with Gasteiger partial charge in [-0.1, -0.05) is 6.92 Å². The van der Waals surface area contributed by atoms with Gasteiger partial charge in [0.2, 0.25) is 5.91 Å².